The van der Waals surface area contributed by atoms with Gasteiger partial charge in [-0.05, 0) is 35.4 Å². The highest BCUT2D eigenvalue weighted by Crippen LogP contribution is 2.37. The molecule has 2 aromatic rings. The maximum absolute atomic E-state index is 12.5. The van der Waals surface area contributed by atoms with Crippen molar-refractivity contribution in [1.82, 2.24) is 9.88 Å². The first-order chi connectivity index (χ1) is 14.4. The molecule has 1 saturated heterocycles. The van der Waals surface area contributed by atoms with Gasteiger partial charge in [0.1, 0.15) is 0 Å². The lowest BCUT2D eigenvalue weighted by atomic mass is 9.77. The molecule has 1 aromatic heterocycles. The van der Waals surface area contributed by atoms with E-state index in [1.807, 2.05) is 32.0 Å². The fourth-order valence-corrected chi connectivity index (χ4v) is 4.00. The highest BCUT2D eigenvalue weighted by Gasteiger charge is 2.40. The summed E-state index contributed by atoms with van der Waals surface area (Å²) in [5.74, 6) is -0.318. The van der Waals surface area contributed by atoms with Crippen LogP contribution in [0.25, 0.3) is 0 Å². The molecule has 7 heteroatoms. The van der Waals surface area contributed by atoms with Crippen LogP contribution in [0, 0.1) is 5.41 Å². The number of nitrogens with zero attached hydrogens (tertiary/aromatic N) is 3. The van der Waals surface area contributed by atoms with Gasteiger partial charge >= 0.3 is 6.09 Å². The summed E-state index contributed by atoms with van der Waals surface area (Å²) >= 11 is 0. The third-order valence-electron chi connectivity index (χ3n) is 6.07. The predicted octanol–water partition coefficient (Wildman–Crippen LogP) is 3.71. The summed E-state index contributed by atoms with van der Waals surface area (Å²) in [6, 6.07) is 11.1. The highest BCUT2D eigenvalue weighted by molar-refractivity contribution is 6.16. The molecule has 2 aliphatic heterocycles. The quantitative estimate of drug-likeness (QED) is 0.725. The Bertz CT molecular complexity index is 968. The smallest absolute Gasteiger partial charge is 0.391 e. The van der Waals surface area contributed by atoms with E-state index >= 15 is 0 Å². The number of amides is 3. The van der Waals surface area contributed by atoms with Crippen molar-refractivity contribution < 1.29 is 19.1 Å². The third kappa shape index (κ3) is 3.92. The van der Waals surface area contributed by atoms with Gasteiger partial charge in [-0.3, -0.25) is 9.59 Å². The summed E-state index contributed by atoms with van der Waals surface area (Å²) in [5, 5.41) is 0. The molecule has 0 unspecified atom stereocenters. The number of carbonyl (C=O) groups is 3. The van der Waals surface area contributed by atoms with Gasteiger partial charge in [-0.25, -0.2) is 14.7 Å². The van der Waals surface area contributed by atoms with E-state index < -0.39 is 6.09 Å². The fraction of sp³-hybridized carbons (Fsp3) is 0.391. The third-order valence-corrected chi connectivity index (χ3v) is 6.07. The van der Waals surface area contributed by atoms with E-state index in [1.165, 1.54) is 22.7 Å². The standard InChI is InChI=1S/C23H25N3O4/c1-3-23(2)12-20(27)26(21(28)13-23)18-8-9-19(24-14-18)30-22(29)25-11-10-16-6-4-5-7-17(16)15-25/h4-9,14H,3,10-13,15H2,1-2H3. The Hall–Kier alpha value is -3.22. The average molecular weight is 407 g/mol. The zero-order valence-corrected chi connectivity index (χ0v) is 17.3. The van der Waals surface area contributed by atoms with Crippen molar-refractivity contribution in [1.29, 1.82) is 0 Å². The van der Waals surface area contributed by atoms with Gasteiger partial charge in [-0.15, -0.1) is 0 Å². The van der Waals surface area contributed by atoms with Gasteiger partial charge in [0.05, 0.1) is 11.9 Å². The molecular formula is C23H25N3O4. The van der Waals surface area contributed by atoms with Crippen LogP contribution in [0.15, 0.2) is 42.6 Å². The van der Waals surface area contributed by atoms with E-state index in [9.17, 15) is 14.4 Å². The molecule has 7 nitrogen and oxygen atoms in total. The molecule has 0 bridgehead atoms. The summed E-state index contributed by atoms with van der Waals surface area (Å²) in [5.41, 5.74) is 2.47. The predicted molar refractivity (Wildman–Crippen MR) is 111 cm³/mol. The van der Waals surface area contributed by atoms with Crippen molar-refractivity contribution >= 4 is 23.6 Å². The minimum Gasteiger partial charge on any atom is -0.391 e. The summed E-state index contributed by atoms with van der Waals surface area (Å²) in [6.07, 6.45) is 3.14. The lowest BCUT2D eigenvalue weighted by Gasteiger charge is -2.36. The fourth-order valence-electron chi connectivity index (χ4n) is 4.00. The zero-order valence-electron chi connectivity index (χ0n) is 17.3. The van der Waals surface area contributed by atoms with Crippen LogP contribution >= 0.6 is 0 Å². The van der Waals surface area contributed by atoms with E-state index in [2.05, 4.69) is 11.1 Å². The van der Waals surface area contributed by atoms with Crippen LogP contribution in [0.3, 0.4) is 0 Å². The number of aromatic nitrogens is 1. The number of benzene rings is 1. The van der Waals surface area contributed by atoms with E-state index in [0.29, 0.717) is 31.6 Å². The van der Waals surface area contributed by atoms with Crippen LogP contribution in [-0.4, -0.2) is 34.3 Å². The first kappa shape index (κ1) is 20.1. The number of carbonyl (C=O) groups excluding carboxylic acids is 3. The van der Waals surface area contributed by atoms with E-state index in [-0.39, 0.29) is 23.1 Å². The molecule has 156 valence electrons. The summed E-state index contributed by atoms with van der Waals surface area (Å²) < 4.78 is 5.40. The molecule has 30 heavy (non-hydrogen) atoms. The number of hydrogen-bond acceptors (Lipinski definition) is 5. The summed E-state index contributed by atoms with van der Waals surface area (Å²) in [4.78, 5) is 44.5. The van der Waals surface area contributed by atoms with Gasteiger partial charge in [0.2, 0.25) is 17.7 Å². The number of fused-ring (bicyclic) bond motifs is 1. The van der Waals surface area contributed by atoms with Gasteiger partial charge in [0, 0.05) is 32.0 Å². The van der Waals surface area contributed by atoms with E-state index in [1.54, 1.807) is 11.0 Å². The maximum Gasteiger partial charge on any atom is 0.416 e. The summed E-state index contributed by atoms with van der Waals surface area (Å²) in [6.45, 7) is 5.03. The molecule has 3 heterocycles. The number of pyridine rings is 1. The van der Waals surface area contributed by atoms with Crippen LogP contribution < -0.4 is 9.64 Å². The molecule has 0 N–H and O–H groups in total. The van der Waals surface area contributed by atoms with Crippen molar-refractivity contribution in [2.45, 2.75) is 46.1 Å². The van der Waals surface area contributed by atoms with Gasteiger partial charge in [0.15, 0.2) is 0 Å². The Morgan fingerprint density at radius 2 is 1.80 bits per heavy atom. The van der Waals surface area contributed by atoms with Gasteiger partial charge in [-0.2, -0.15) is 0 Å². The molecular weight excluding hydrogens is 382 g/mol. The Morgan fingerprint density at radius 3 is 2.43 bits per heavy atom. The second-order valence-electron chi connectivity index (χ2n) is 8.30. The van der Waals surface area contributed by atoms with Crippen molar-refractivity contribution in [2.24, 2.45) is 5.41 Å². The number of imide groups is 1. The molecule has 0 aliphatic carbocycles. The van der Waals surface area contributed by atoms with Crippen LogP contribution in [0.2, 0.25) is 0 Å². The molecule has 1 fully saturated rings. The topological polar surface area (TPSA) is 79.8 Å². The SMILES string of the molecule is CCC1(C)CC(=O)N(c2ccc(OC(=O)N3CCc4ccccc4C3)nc2)C(=O)C1. The second-order valence-corrected chi connectivity index (χ2v) is 8.30. The largest absolute Gasteiger partial charge is 0.416 e. The summed E-state index contributed by atoms with van der Waals surface area (Å²) in [7, 11) is 0. The van der Waals surface area contributed by atoms with Crippen LogP contribution in [-0.2, 0) is 22.6 Å². The lowest BCUT2D eigenvalue weighted by molar-refractivity contribution is -0.133. The number of rotatable bonds is 3. The molecule has 0 radical (unpaired) electrons. The number of anilines is 1. The van der Waals surface area contributed by atoms with Crippen molar-refractivity contribution in [2.75, 3.05) is 11.4 Å². The monoisotopic (exact) mass is 407 g/mol. The number of hydrogen-bond donors (Lipinski definition) is 0. The molecule has 3 amide bonds. The first-order valence-electron chi connectivity index (χ1n) is 10.2. The lowest BCUT2D eigenvalue weighted by Crippen LogP contribution is -2.47. The normalized spacial score (nSPS) is 18.2. The molecule has 4 rings (SSSR count). The Labute approximate surface area is 175 Å². The van der Waals surface area contributed by atoms with E-state index in [4.69, 9.17) is 4.74 Å². The minimum atomic E-state index is -0.464. The Balaban J connectivity index is 1.41. The van der Waals surface area contributed by atoms with Gasteiger partial charge in [0.25, 0.3) is 0 Å². The number of piperidine rings is 1. The Kier molecular flexibility index (Phi) is 5.28. The molecule has 2 aliphatic rings. The Morgan fingerprint density at radius 1 is 1.10 bits per heavy atom. The second kappa shape index (κ2) is 7.89. The molecule has 0 spiro atoms. The maximum atomic E-state index is 12.5. The van der Waals surface area contributed by atoms with Gasteiger partial charge in [-0.1, -0.05) is 38.1 Å². The van der Waals surface area contributed by atoms with Gasteiger partial charge < -0.3 is 9.64 Å². The van der Waals surface area contributed by atoms with Crippen LogP contribution in [0.4, 0.5) is 10.5 Å². The van der Waals surface area contributed by atoms with Crippen LogP contribution in [0.5, 0.6) is 5.88 Å². The first-order valence-corrected chi connectivity index (χ1v) is 10.2. The highest BCUT2D eigenvalue weighted by atomic mass is 16.6. The molecule has 0 saturated carbocycles. The number of ether oxygens (including phenoxy) is 1. The molecule has 0 atom stereocenters. The van der Waals surface area contributed by atoms with Crippen LogP contribution in [0.1, 0.15) is 44.2 Å². The van der Waals surface area contributed by atoms with Crippen molar-refractivity contribution in [3.63, 3.8) is 0 Å². The average Bonchev–Trinajstić information content (AvgIpc) is 2.74. The minimum absolute atomic E-state index is 0.137. The zero-order chi connectivity index (χ0) is 21.3. The molecule has 1 aromatic carbocycles. The van der Waals surface area contributed by atoms with Crippen molar-refractivity contribution in [3.8, 4) is 5.88 Å². The van der Waals surface area contributed by atoms with Crippen molar-refractivity contribution in [3.05, 3.63) is 53.7 Å². The van der Waals surface area contributed by atoms with E-state index in [0.717, 1.165) is 18.4 Å².